The highest BCUT2D eigenvalue weighted by molar-refractivity contribution is 5.75. The molecule has 4 atom stereocenters. The number of ether oxygens (including phenoxy) is 3. The normalized spacial score (nSPS) is 20.3. The average Bonchev–Trinajstić information content (AvgIpc) is 3.19. The molecule has 2 saturated heterocycles. The number of nitrogens with zero attached hydrogens (tertiary/aromatic N) is 2. The zero-order valence-electron chi connectivity index (χ0n) is 32.1. The van der Waals surface area contributed by atoms with Crippen molar-refractivity contribution >= 4 is 24.0 Å². The van der Waals surface area contributed by atoms with E-state index >= 15 is 0 Å². The second-order valence-corrected chi connectivity index (χ2v) is 14.2. The van der Waals surface area contributed by atoms with E-state index in [2.05, 4.69) is 0 Å². The van der Waals surface area contributed by atoms with Gasteiger partial charge >= 0.3 is 12.2 Å². The highest BCUT2D eigenvalue weighted by atomic mass is 19.1. The minimum atomic E-state index is -1.06. The zero-order chi connectivity index (χ0) is 41.3. The minimum absolute atomic E-state index is 0.0319. The number of methoxy groups -OCH3 is 1. The van der Waals surface area contributed by atoms with Crippen molar-refractivity contribution in [3.05, 3.63) is 137 Å². The first kappa shape index (κ1) is 42.1. The predicted molar refractivity (Wildman–Crippen MR) is 205 cm³/mol. The van der Waals surface area contributed by atoms with Crippen LogP contribution in [-0.2, 0) is 30.3 Å². The molecule has 4 aromatic carbocycles. The molecule has 0 aromatic heterocycles. The summed E-state index contributed by atoms with van der Waals surface area (Å²) >= 11 is 0. The van der Waals surface area contributed by atoms with Crippen molar-refractivity contribution in [3.63, 3.8) is 0 Å². The van der Waals surface area contributed by atoms with Crippen LogP contribution in [0.25, 0.3) is 0 Å². The number of hydrogen-bond acceptors (Lipinski definition) is 7. The Morgan fingerprint density at radius 1 is 0.667 bits per heavy atom. The lowest BCUT2D eigenvalue weighted by Gasteiger charge is -2.43. The highest BCUT2D eigenvalue weighted by Gasteiger charge is 2.45. The smallest absolute Gasteiger partial charge is 0.411 e. The van der Waals surface area contributed by atoms with E-state index in [-0.39, 0.29) is 49.4 Å². The standard InChI is InChI=1S/C22H25FN2O4.C21H22F2N2O3/c1-15(16-3-9-19(28-2)10-4-16)25-14-13-22(29-21(25)27,12-11-20(24)26)17-5-7-18(23)8-6-17;1-14(15-3-2-4-18(23)13-15)25-12-11-21(28-20(25)27,10-9-19(24)26)16-5-7-17(22)8-6-16/h3-10,15H,11-14H2,1-2H3,(H2,24,26);2-8,13-14H,9-12H2,1H3,(H2,24,26). The summed E-state index contributed by atoms with van der Waals surface area (Å²) in [6.45, 7) is 4.50. The third kappa shape index (κ3) is 10.2. The molecule has 2 heterocycles. The molecule has 2 aliphatic heterocycles. The number of primary amides is 2. The van der Waals surface area contributed by atoms with Gasteiger partial charge in [0, 0.05) is 51.6 Å². The maximum absolute atomic E-state index is 13.5. The summed E-state index contributed by atoms with van der Waals surface area (Å²) < 4.78 is 57.1. The number of rotatable bonds is 13. The van der Waals surface area contributed by atoms with E-state index in [4.69, 9.17) is 25.7 Å². The van der Waals surface area contributed by atoms with Gasteiger partial charge in [0.1, 0.15) is 34.4 Å². The summed E-state index contributed by atoms with van der Waals surface area (Å²) in [5.41, 5.74) is 11.4. The second kappa shape index (κ2) is 18.3. The molecule has 2 aliphatic rings. The van der Waals surface area contributed by atoms with Crippen molar-refractivity contribution in [1.29, 1.82) is 0 Å². The van der Waals surface area contributed by atoms with Gasteiger partial charge in [-0.05, 0) is 84.6 Å². The van der Waals surface area contributed by atoms with Gasteiger partial charge in [-0.3, -0.25) is 9.59 Å². The number of cyclic esters (lactones) is 2. The number of carbonyl (C=O) groups is 4. The first-order chi connectivity index (χ1) is 27.1. The monoisotopic (exact) mass is 788 g/mol. The van der Waals surface area contributed by atoms with Crippen LogP contribution in [0.4, 0.5) is 22.8 Å². The van der Waals surface area contributed by atoms with Gasteiger partial charge in [-0.25, -0.2) is 22.8 Å². The summed E-state index contributed by atoms with van der Waals surface area (Å²) in [6.07, 6.45) is 0.384. The van der Waals surface area contributed by atoms with Crippen LogP contribution in [0.2, 0.25) is 0 Å². The molecule has 302 valence electrons. The quantitative estimate of drug-likeness (QED) is 0.140. The minimum Gasteiger partial charge on any atom is -0.497 e. The Bertz CT molecular complexity index is 2030. The molecular formula is C43H47F3N4O7. The third-order valence-corrected chi connectivity index (χ3v) is 10.7. The fraction of sp³-hybridized carbons (Fsp3) is 0.349. The molecule has 57 heavy (non-hydrogen) atoms. The van der Waals surface area contributed by atoms with Gasteiger partial charge in [-0.15, -0.1) is 0 Å². The first-order valence-corrected chi connectivity index (χ1v) is 18.6. The molecule has 0 radical (unpaired) electrons. The van der Waals surface area contributed by atoms with E-state index in [9.17, 15) is 32.3 Å². The SMILES string of the molecule is CC(c1cccc(F)c1)N1CCC(CCC(N)=O)(c2ccc(F)cc2)OC1=O.COc1ccc(C(C)N2CCC(CCC(N)=O)(c3ccc(F)cc3)OC2=O)cc1. The topological polar surface area (TPSA) is 154 Å². The van der Waals surface area contributed by atoms with Gasteiger partial charge < -0.3 is 35.5 Å². The molecule has 4 aromatic rings. The lowest BCUT2D eigenvalue weighted by atomic mass is 9.84. The zero-order valence-corrected chi connectivity index (χ0v) is 32.1. The van der Waals surface area contributed by atoms with E-state index in [1.54, 1.807) is 55.3 Å². The Balaban J connectivity index is 0.000000218. The number of nitrogens with two attached hydrogens (primary N) is 2. The second-order valence-electron chi connectivity index (χ2n) is 14.2. The Morgan fingerprint density at radius 2 is 1.11 bits per heavy atom. The summed E-state index contributed by atoms with van der Waals surface area (Å²) in [7, 11) is 1.60. The van der Waals surface area contributed by atoms with Gasteiger partial charge in [0.2, 0.25) is 11.8 Å². The molecular weight excluding hydrogens is 741 g/mol. The number of hydrogen-bond donors (Lipinski definition) is 2. The van der Waals surface area contributed by atoms with Gasteiger partial charge in [-0.1, -0.05) is 48.5 Å². The van der Waals surface area contributed by atoms with E-state index in [1.165, 1.54) is 41.3 Å². The highest BCUT2D eigenvalue weighted by Crippen LogP contribution is 2.42. The van der Waals surface area contributed by atoms with Crippen LogP contribution in [0.5, 0.6) is 5.75 Å². The lowest BCUT2D eigenvalue weighted by molar-refractivity contribution is -0.121. The number of benzene rings is 4. The number of amides is 4. The van der Waals surface area contributed by atoms with Crippen LogP contribution >= 0.6 is 0 Å². The summed E-state index contributed by atoms with van der Waals surface area (Å²) in [4.78, 5) is 51.6. The molecule has 0 aliphatic carbocycles. The third-order valence-electron chi connectivity index (χ3n) is 10.7. The maximum Gasteiger partial charge on any atom is 0.411 e. The molecule has 11 nitrogen and oxygen atoms in total. The Kier molecular flexibility index (Phi) is 13.5. The van der Waals surface area contributed by atoms with E-state index in [0.29, 0.717) is 42.6 Å². The summed E-state index contributed by atoms with van der Waals surface area (Å²) in [5, 5.41) is 0. The molecule has 0 bridgehead atoms. The van der Waals surface area contributed by atoms with E-state index in [0.717, 1.165) is 11.3 Å². The van der Waals surface area contributed by atoms with E-state index in [1.807, 2.05) is 31.2 Å². The first-order valence-electron chi connectivity index (χ1n) is 18.6. The average molecular weight is 789 g/mol. The maximum atomic E-state index is 13.5. The molecule has 6 rings (SSSR count). The van der Waals surface area contributed by atoms with Gasteiger partial charge in [0.05, 0.1) is 19.2 Å². The van der Waals surface area contributed by atoms with Crippen LogP contribution in [-0.4, -0.2) is 54.0 Å². The molecule has 4 N–H and O–H groups in total. The molecule has 14 heteroatoms. The lowest BCUT2D eigenvalue weighted by Crippen LogP contribution is -2.49. The number of carbonyl (C=O) groups excluding carboxylic acids is 4. The van der Waals surface area contributed by atoms with Crippen molar-refractivity contribution in [1.82, 2.24) is 9.80 Å². The van der Waals surface area contributed by atoms with Crippen molar-refractivity contribution in [2.75, 3.05) is 20.2 Å². The summed E-state index contributed by atoms with van der Waals surface area (Å²) in [5.74, 6) is -1.40. The molecule has 4 unspecified atom stereocenters. The van der Waals surface area contributed by atoms with Crippen LogP contribution in [0.15, 0.2) is 97.1 Å². The van der Waals surface area contributed by atoms with Crippen molar-refractivity contribution in [2.24, 2.45) is 11.5 Å². The fourth-order valence-corrected chi connectivity index (χ4v) is 7.26. The Hall–Kier alpha value is -6.05. The Labute approximate surface area is 329 Å². The fourth-order valence-electron chi connectivity index (χ4n) is 7.26. The molecule has 0 saturated carbocycles. The predicted octanol–water partition coefficient (Wildman–Crippen LogP) is 7.93. The van der Waals surface area contributed by atoms with Crippen molar-refractivity contribution in [3.8, 4) is 5.75 Å². The van der Waals surface area contributed by atoms with Crippen molar-refractivity contribution in [2.45, 2.75) is 75.7 Å². The Morgan fingerprint density at radius 3 is 1.49 bits per heavy atom. The van der Waals surface area contributed by atoms with Crippen LogP contribution < -0.4 is 16.2 Å². The van der Waals surface area contributed by atoms with Gasteiger partial charge in [0.15, 0.2) is 0 Å². The van der Waals surface area contributed by atoms with Gasteiger partial charge in [-0.2, -0.15) is 0 Å². The molecule has 2 fully saturated rings. The summed E-state index contributed by atoms with van der Waals surface area (Å²) in [6, 6.07) is 24.5. The molecule has 0 spiro atoms. The number of halogens is 3. The van der Waals surface area contributed by atoms with Gasteiger partial charge in [0.25, 0.3) is 0 Å². The largest absolute Gasteiger partial charge is 0.497 e. The molecule has 4 amide bonds. The van der Waals surface area contributed by atoms with E-state index < -0.39 is 41.0 Å². The van der Waals surface area contributed by atoms with Crippen LogP contribution in [0.1, 0.15) is 86.7 Å². The van der Waals surface area contributed by atoms with Crippen molar-refractivity contribution < 1.29 is 46.6 Å². The van der Waals surface area contributed by atoms with Crippen LogP contribution in [0, 0.1) is 17.5 Å². The van der Waals surface area contributed by atoms with Crippen LogP contribution in [0.3, 0.4) is 0 Å².